The van der Waals surface area contributed by atoms with Crippen molar-refractivity contribution in [2.75, 3.05) is 39.4 Å². The molecule has 0 spiro atoms. The summed E-state index contributed by atoms with van der Waals surface area (Å²) >= 11 is 0. The number of hydrogen-bond acceptors (Lipinski definition) is 5. The van der Waals surface area contributed by atoms with Gasteiger partial charge in [0, 0.05) is 18.7 Å². The largest absolute Gasteiger partial charge is 0.493 e. The molecule has 2 aliphatic heterocycles. The highest BCUT2D eigenvalue weighted by Crippen LogP contribution is 2.42. The molecule has 1 atom stereocenters. The molecule has 0 bridgehead atoms. The van der Waals surface area contributed by atoms with E-state index in [1.807, 2.05) is 12.1 Å². The number of piperidine rings is 1. The molecule has 2 saturated heterocycles. The lowest BCUT2D eigenvalue weighted by Crippen LogP contribution is -2.37. The van der Waals surface area contributed by atoms with E-state index in [0.717, 1.165) is 31.5 Å². The van der Waals surface area contributed by atoms with Crippen molar-refractivity contribution in [2.24, 2.45) is 0 Å². The van der Waals surface area contributed by atoms with Crippen LogP contribution in [0.4, 0.5) is 5.69 Å². The number of methoxy groups -OCH3 is 3. The summed E-state index contributed by atoms with van der Waals surface area (Å²) in [4.78, 5) is 16.7. The highest BCUT2D eigenvalue weighted by atomic mass is 16.5. The lowest BCUT2D eigenvalue weighted by atomic mass is 10.0. The number of benzene rings is 1. The zero-order valence-corrected chi connectivity index (χ0v) is 13.3. The summed E-state index contributed by atoms with van der Waals surface area (Å²) in [6, 6.07) is 3.68. The maximum absolute atomic E-state index is 12.7. The Morgan fingerprint density at radius 2 is 1.73 bits per heavy atom. The number of nitrogens with zero attached hydrogens (tertiary/aromatic N) is 2. The predicted octanol–water partition coefficient (Wildman–Crippen LogP) is 1.87. The molecule has 2 heterocycles. The van der Waals surface area contributed by atoms with Crippen LogP contribution in [0.5, 0.6) is 17.2 Å². The average Bonchev–Trinajstić information content (AvgIpc) is 2.90. The number of carbonyl (C=O) groups excluding carboxylic acids is 1. The van der Waals surface area contributed by atoms with Gasteiger partial charge < -0.3 is 14.2 Å². The molecule has 6 nitrogen and oxygen atoms in total. The third kappa shape index (κ3) is 2.37. The molecular weight excluding hydrogens is 284 g/mol. The normalized spacial score (nSPS) is 21.7. The monoisotopic (exact) mass is 306 g/mol. The molecule has 6 heteroatoms. The Morgan fingerprint density at radius 1 is 1.05 bits per heavy atom. The Bertz CT molecular complexity index is 550. The number of ether oxygens (including phenoxy) is 3. The van der Waals surface area contributed by atoms with Crippen LogP contribution in [-0.4, -0.2) is 51.4 Å². The van der Waals surface area contributed by atoms with Crippen LogP contribution in [0.1, 0.15) is 19.3 Å². The first-order valence-electron chi connectivity index (χ1n) is 7.55. The minimum absolute atomic E-state index is 0.0211. The lowest BCUT2D eigenvalue weighted by Gasteiger charge is -2.25. The van der Waals surface area contributed by atoms with E-state index in [2.05, 4.69) is 4.90 Å². The fourth-order valence-electron chi connectivity index (χ4n) is 3.30. The number of amides is 1. The lowest BCUT2D eigenvalue weighted by molar-refractivity contribution is -0.120. The summed E-state index contributed by atoms with van der Waals surface area (Å²) in [5.41, 5.74) is 0.786. The van der Waals surface area contributed by atoms with Crippen LogP contribution in [0.15, 0.2) is 12.1 Å². The van der Waals surface area contributed by atoms with Gasteiger partial charge in [-0.05, 0) is 12.8 Å². The van der Waals surface area contributed by atoms with Crippen LogP contribution < -0.4 is 19.1 Å². The number of anilines is 1. The van der Waals surface area contributed by atoms with E-state index in [4.69, 9.17) is 14.2 Å². The van der Waals surface area contributed by atoms with Crippen LogP contribution in [-0.2, 0) is 4.79 Å². The van der Waals surface area contributed by atoms with Gasteiger partial charge in [0.15, 0.2) is 11.5 Å². The molecule has 2 aliphatic rings. The maximum Gasteiger partial charge on any atom is 0.245 e. The molecule has 3 rings (SSSR count). The van der Waals surface area contributed by atoms with Crippen molar-refractivity contribution in [1.29, 1.82) is 0 Å². The van der Waals surface area contributed by atoms with E-state index in [1.54, 1.807) is 26.2 Å². The second-order valence-electron chi connectivity index (χ2n) is 5.62. The van der Waals surface area contributed by atoms with E-state index in [1.165, 1.54) is 0 Å². The van der Waals surface area contributed by atoms with Crippen LogP contribution in [0.25, 0.3) is 0 Å². The Kier molecular flexibility index (Phi) is 4.11. The van der Waals surface area contributed by atoms with Gasteiger partial charge in [-0.3, -0.25) is 14.6 Å². The van der Waals surface area contributed by atoms with Crippen molar-refractivity contribution in [3.63, 3.8) is 0 Å². The Balaban J connectivity index is 1.96. The van der Waals surface area contributed by atoms with Crippen molar-refractivity contribution >= 4 is 11.6 Å². The van der Waals surface area contributed by atoms with Gasteiger partial charge in [0.2, 0.25) is 11.7 Å². The summed E-state index contributed by atoms with van der Waals surface area (Å²) in [6.07, 6.45) is 3.22. The van der Waals surface area contributed by atoms with Crippen LogP contribution in [0.3, 0.4) is 0 Å². The van der Waals surface area contributed by atoms with Crippen LogP contribution >= 0.6 is 0 Å². The number of fused-ring (bicyclic) bond motifs is 1. The van der Waals surface area contributed by atoms with Gasteiger partial charge in [-0.15, -0.1) is 0 Å². The topological polar surface area (TPSA) is 51.2 Å². The van der Waals surface area contributed by atoms with Gasteiger partial charge in [-0.1, -0.05) is 6.42 Å². The number of hydrogen-bond donors (Lipinski definition) is 0. The molecule has 22 heavy (non-hydrogen) atoms. The molecule has 0 aromatic heterocycles. The quantitative estimate of drug-likeness (QED) is 0.850. The van der Waals surface area contributed by atoms with Gasteiger partial charge in [0.05, 0.1) is 39.7 Å². The van der Waals surface area contributed by atoms with E-state index in [-0.39, 0.29) is 11.9 Å². The zero-order valence-electron chi connectivity index (χ0n) is 13.3. The van der Waals surface area contributed by atoms with Gasteiger partial charge in [-0.2, -0.15) is 0 Å². The standard InChI is InChI=1S/C16H22N2O4/c1-20-13-8-11(9-14(21-2)15(13)22-3)18-10-17-7-5-4-6-12(17)16(18)19/h8-9,12H,4-7,10H2,1-3H3/t12-/m0/s1. The molecule has 1 aromatic carbocycles. The zero-order chi connectivity index (χ0) is 15.7. The maximum atomic E-state index is 12.7. The van der Waals surface area contributed by atoms with E-state index in [0.29, 0.717) is 23.9 Å². The molecule has 0 aliphatic carbocycles. The van der Waals surface area contributed by atoms with Crippen LogP contribution in [0.2, 0.25) is 0 Å². The summed E-state index contributed by atoms with van der Waals surface area (Å²) < 4.78 is 16.1. The first-order valence-corrected chi connectivity index (χ1v) is 7.55. The molecule has 120 valence electrons. The Morgan fingerprint density at radius 3 is 2.27 bits per heavy atom. The first kappa shape index (κ1) is 15.0. The second-order valence-corrected chi connectivity index (χ2v) is 5.62. The molecule has 0 saturated carbocycles. The van der Waals surface area contributed by atoms with Crippen LogP contribution in [0, 0.1) is 0 Å². The number of rotatable bonds is 4. The summed E-state index contributed by atoms with van der Waals surface area (Å²) in [5.74, 6) is 1.83. The number of carbonyl (C=O) groups is 1. The highest BCUT2D eigenvalue weighted by molar-refractivity contribution is 5.99. The molecule has 0 radical (unpaired) electrons. The SMILES string of the molecule is COc1cc(N2CN3CCCC[C@H]3C2=O)cc(OC)c1OC. The third-order valence-corrected chi connectivity index (χ3v) is 4.45. The molecule has 1 aromatic rings. The van der Waals surface area contributed by atoms with E-state index >= 15 is 0 Å². The fourth-order valence-corrected chi connectivity index (χ4v) is 3.30. The minimum atomic E-state index is 0.0211. The third-order valence-electron chi connectivity index (χ3n) is 4.45. The smallest absolute Gasteiger partial charge is 0.245 e. The molecule has 2 fully saturated rings. The van der Waals surface area contributed by atoms with E-state index in [9.17, 15) is 4.79 Å². The van der Waals surface area contributed by atoms with E-state index < -0.39 is 0 Å². The predicted molar refractivity (Wildman–Crippen MR) is 82.8 cm³/mol. The van der Waals surface area contributed by atoms with Crippen molar-refractivity contribution < 1.29 is 19.0 Å². The summed E-state index contributed by atoms with van der Waals surface area (Å²) in [6.45, 7) is 1.61. The van der Waals surface area contributed by atoms with Crippen molar-refractivity contribution in [2.45, 2.75) is 25.3 Å². The summed E-state index contributed by atoms with van der Waals surface area (Å²) in [5, 5.41) is 0. The fraction of sp³-hybridized carbons (Fsp3) is 0.562. The van der Waals surface area contributed by atoms with Gasteiger partial charge >= 0.3 is 0 Å². The van der Waals surface area contributed by atoms with Crippen molar-refractivity contribution in [1.82, 2.24) is 4.90 Å². The Labute approximate surface area is 130 Å². The minimum Gasteiger partial charge on any atom is -0.493 e. The van der Waals surface area contributed by atoms with Gasteiger partial charge in [0.25, 0.3) is 0 Å². The van der Waals surface area contributed by atoms with Crippen molar-refractivity contribution in [3.8, 4) is 17.2 Å². The highest BCUT2D eigenvalue weighted by Gasteiger charge is 2.40. The summed E-state index contributed by atoms with van der Waals surface area (Å²) in [7, 11) is 4.73. The van der Waals surface area contributed by atoms with Crippen molar-refractivity contribution in [3.05, 3.63) is 12.1 Å². The first-order chi connectivity index (χ1) is 10.7. The average molecular weight is 306 g/mol. The molecule has 0 N–H and O–H groups in total. The van der Waals surface area contributed by atoms with Gasteiger partial charge in [0.1, 0.15) is 0 Å². The molecular formula is C16H22N2O4. The second kappa shape index (κ2) is 6.04. The molecule has 0 unspecified atom stereocenters. The Hall–Kier alpha value is -1.95. The molecule has 1 amide bonds. The van der Waals surface area contributed by atoms with Gasteiger partial charge in [-0.25, -0.2) is 0 Å².